The number of rotatable bonds is 2. The second-order valence-corrected chi connectivity index (χ2v) is 5.39. The molecule has 1 heterocycles. The van der Waals surface area contributed by atoms with Gasteiger partial charge in [0.15, 0.2) is 0 Å². The molecule has 12 heavy (non-hydrogen) atoms. The van der Waals surface area contributed by atoms with E-state index in [9.17, 15) is 4.39 Å². The van der Waals surface area contributed by atoms with Crippen LogP contribution in [0, 0.1) is 5.41 Å². The van der Waals surface area contributed by atoms with E-state index in [0.717, 1.165) is 11.5 Å². The average Bonchev–Trinajstić information content (AvgIpc) is 2.06. The van der Waals surface area contributed by atoms with Crippen LogP contribution in [0.4, 0.5) is 4.39 Å². The van der Waals surface area contributed by atoms with Crippen molar-refractivity contribution in [3.8, 4) is 0 Å². The highest BCUT2D eigenvalue weighted by atomic mass is 32.2. The van der Waals surface area contributed by atoms with Gasteiger partial charge in [0.1, 0.15) is 5.67 Å². The maximum absolute atomic E-state index is 14.3. The second-order valence-electron chi connectivity index (χ2n) is 4.17. The van der Waals surface area contributed by atoms with Crippen LogP contribution in [0.25, 0.3) is 0 Å². The third kappa shape index (κ3) is 1.77. The summed E-state index contributed by atoms with van der Waals surface area (Å²) in [5, 5.41) is 0. The van der Waals surface area contributed by atoms with Crippen LogP contribution in [0.15, 0.2) is 0 Å². The smallest absolute Gasteiger partial charge is 0.118 e. The van der Waals surface area contributed by atoms with Crippen LogP contribution >= 0.6 is 11.8 Å². The highest BCUT2D eigenvalue weighted by Gasteiger charge is 2.45. The number of alkyl halides is 1. The normalized spacial score (nSPS) is 24.0. The topological polar surface area (TPSA) is 26.0 Å². The Bertz CT molecular complexity index is 153. The number of hydrogen-bond acceptors (Lipinski definition) is 2. The third-order valence-electron chi connectivity index (χ3n) is 3.01. The van der Waals surface area contributed by atoms with Gasteiger partial charge in [-0.25, -0.2) is 4.39 Å². The molecule has 0 aromatic rings. The fourth-order valence-electron chi connectivity index (χ4n) is 1.55. The molecule has 72 valence electrons. The van der Waals surface area contributed by atoms with Crippen molar-refractivity contribution in [2.75, 3.05) is 18.1 Å². The Kier molecular flexibility index (Phi) is 3.05. The van der Waals surface area contributed by atoms with E-state index in [-0.39, 0.29) is 5.41 Å². The molecule has 1 fully saturated rings. The van der Waals surface area contributed by atoms with Crippen LogP contribution in [0.3, 0.4) is 0 Å². The lowest BCUT2D eigenvalue weighted by Gasteiger charge is -2.42. The van der Waals surface area contributed by atoms with E-state index < -0.39 is 5.67 Å². The lowest BCUT2D eigenvalue weighted by molar-refractivity contribution is 0.0141. The van der Waals surface area contributed by atoms with Gasteiger partial charge < -0.3 is 5.73 Å². The van der Waals surface area contributed by atoms with Crippen molar-refractivity contribution >= 4 is 11.8 Å². The molecule has 0 atom stereocenters. The van der Waals surface area contributed by atoms with E-state index in [1.807, 2.05) is 25.6 Å². The summed E-state index contributed by atoms with van der Waals surface area (Å²) in [6.45, 7) is 4.31. The van der Waals surface area contributed by atoms with E-state index in [2.05, 4.69) is 0 Å². The van der Waals surface area contributed by atoms with Gasteiger partial charge in [0, 0.05) is 12.0 Å². The van der Waals surface area contributed by atoms with Crippen LogP contribution in [0.2, 0.25) is 0 Å². The Morgan fingerprint density at radius 3 is 2.33 bits per heavy atom. The molecule has 1 aliphatic rings. The lowest BCUT2D eigenvalue weighted by Crippen LogP contribution is -2.47. The molecule has 0 amide bonds. The van der Waals surface area contributed by atoms with Crippen LogP contribution in [-0.2, 0) is 0 Å². The molecule has 0 radical (unpaired) electrons. The van der Waals surface area contributed by atoms with Crippen LogP contribution in [0.5, 0.6) is 0 Å². The predicted molar refractivity (Wildman–Crippen MR) is 53.2 cm³/mol. The molecule has 0 bridgehead atoms. The van der Waals surface area contributed by atoms with Gasteiger partial charge in [0.25, 0.3) is 0 Å². The van der Waals surface area contributed by atoms with E-state index in [1.165, 1.54) is 0 Å². The Hall–Kier alpha value is 0.240. The summed E-state index contributed by atoms with van der Waals surface area (Å²) in [5.41, 5.74) is 4.20. The Morgan fingerprint density at radius 2 is 1.92 bits per heavy atom. The Balaban J connectivity index is 2.68. The molecule has 0 aromatic carbocycles. The zero-order valence-corrected chi connectivity index (χ0v) is 8.72. The van der Waals surface area contributed by atoms with Crippen molar-refractivity contribution < 1.29 is 4.39 Å². The van der Waals surface area contributed by atoms with E-state index in [0.29, 0.717) is 19.4 Å². The van der Waals surface area contributed by atoms with Gasteiger partial charge in [-0.2, -0.15) is 11.8 Å². The number of thioether (sulfide) groups is 1. The van der Waals surface area contributed by atoms with Crippen LogP contribution in [-0.4, -0.2) is 23.7 Å². The zero-order valence-electron chi connectivity index (χ0n) is 7.90. The molecule has 1 rings (SSSR count). The molecule has 3 heteroatoms. The molecule has 2 N–H and O–H groups in total. The molecular weight excluding hydrogens is 173 g/mol. The highest BCUT2D eigenvalue weighted by Crippen LogP contribution is 2.43. The molecule has 1 nitrogen and oxygen atoms in total. The molecule has 0 spiro atoms. The van der Waals surface area contributed by atoms with Gasteiger partial charge >= 0.3 is 0 Å². The van der Waals surface area contributed by atoms with Gasteiger partial charge in [0.2, 0.25) is 0 Å². The number of hydrogen-bond donors (Lipinski definition) is 1. The minimum absolute atomic E-state index is 0.353. The summed E-state index contributed by atoms with van der Waals surface area (Å²) >= 11 is 1.84. The minimum atomic E-state index is -1.02. The molecule has 0 saturated carbocycles. The van der Waals surface area contributed by atoms with Crippen molar-refractivity contribution in [2.24, 2.45) is 11.1 Å². The van der Waals surface area contributed by atoms with Crippen molar-refractivity contribution in [3.05, 3.63) is 0 Å². The summed E-state index contributed by atoms with van der Waals surface area (Å²) < 4.78 is 14.3. The van der Waals surface area contributed by atoms with E-state index in [4.69, 9.17) is 5.73 Å². The SMILES string of the molecule is CC(C)(CN)C1(F)CCSCC1. The van der Waals surface area contributed by atoms with Gasteiger partial charge in [0.05, 0.1) is 0 Å². The third-order valence-corrected chi connectivity index (χ3v) is 3.99. The first-order valence-electron chi connectivity index (χ1n) is 4.49. The fraction of sp³-hybridized carbons (Fsp3) is 1.00. The predicted octanol–water partition coefficient (Wildman–Crippen LogP) is 2.21. The fourth-order valence-corrected chi connectivity index (χ4v) is 2.69. The van der Waals surface area contributed by atoms with Crippen LogP contribution < -0.4 is 5.73 Å². The first kappa shape index (κ1) is 10.3. The summed E-state index contributed by atoms with van der Waals surface area (Å²) in [6, 6.07) is 0. The zero-order chi connectivity index (χ0) is 9.24. The van der Waals surface area contributed by atoms with E-state index >= 15 is 0 Å². The average molecular weight is 191 g/mol. The molecule has 1 aliphatic heterocycles. The monoisotopic (exact) mass is 191 g/mol. The molecule has 0 aromatic heterocycles. The largest absolute Gasteiger partial charge is 0.330 e. The number of halogens is 1. The highest BCUT2D eigenvalue weighted by molar-refractivity contribution is 7.99. The summed E-state index contributed by atoms with van der Waals surface area (Å²) in [7, 11) is 0. The lowest BCUT2D eigenvalue weighted by atomic mass is 9.73. The first-order valence-corrected chi connectivity index (χ1v) is 5.64. The van der Waals surface area contributed by atoms with E-state index in [1.54, 1.807) is 0 Å². The second kappa shape index (κ2) is 3.54. The van der Waals surface area contributed by atoms with Crippen molar-refractivity contribution in [2.45, 2.75) is 32.4 Å². The van der Waals surface area contributed by atoms with Gasteiger partial charge in [-0.1, -0.05) is 13.8 Å². The Labute approximate surface area is 78.3 Å². The standard InChI is InChI=1S/C9H18FNS/c1-8(2,7-11)9(10)3-5-12-6-4-9/h3-7,11H2,1-2H3. The van der Waals surface area contributed by atoms with Crippen molar-refractivity contribution in [3.63, 3.8) is 0 Å². The maximum atomic E-state index is 14.3. The molecular formula is C9H18FNS. The van der Waals surface area contributed by atoms with Gasteiger partial charge in [-0.15, -0.1) is 0 Å². The summed E-state index contributed by atoms with van der Waals surface area (Å²) in [5.74, 6) is 1.89. The first-order chi connectivity index (χ1) is 5.52. The number of nitrogens with two attached hydrogens (primary N) is 1. The summed E-state index contributed by atoms with van der Waals surface area (Å²) in [4.78, 5) is 0. The van der Waals surface area contributed by atoms with Gasteiger partial charge in [-0.3, -0.25) is 0 Å². The molecule has 0 aliphatic carbocycles. The summed E-state index contributed by atoms with van der Waals surface area (Å²) in [6.07, 6.45) is 1.34. The Morgan fingerprint density at radius 1 is 1.42 bits per heavy atom. The van der Waals surface area contributed by atoms with Crippen LogP contribution in [0.1, 0.15) is 26.7 Å². The maximum Gasteiger partial charge on any atom is 0.118 e. The quantitative estimate of drug-likeness (QED) is 0.724. The minimum Gasteiger partial charge on any atom is -0.330 e. The van der Waals surface area contributed by atoms with Crippen molar-refractivity contribution in [1.82, 2.24) is 0 Å². The molecule has 0 unspecified atom stereocenters. The van der Waals surface area contributed by atoms with Crippen molar-refractivity contribution in [1.29, 1.82) is 0 Å². The molecule has 1 saturated heterocycles. The van der Waals surface area contributed by atoms with Gasteiger partial charge in [-0.05, 0) is 24.3 Å².